The molecule has 0 aliphatic carbocycles. The first kappa shape index (κ1) is 23.6. The summed E-state index contributed by atoms with van der Waals surface area (Å²) in [6, 6.07) is 23.7. The van der Waals surface area contributed by atoms with Crippen molar-refractivity contribution in [1.82, 2.24) is 14.9 Å². The minimum absolute atomic E-state index is 0.177. The third kappa shape index (κ3) is 4.43. The van der Waals surface area contributed by atoms with E-state index in [-0.39, 0.29) is 18.0 Å². The lowest BCUT2D eigenvalue weighted by Crippen LogP contribution is -2.30. The van der Waals surface area contributed by atoms with Crippen molar-refractivity contribution in [3.63, 3.8) is 0 Å². The van der Waals surface area contributed by atoms with Crippen LogP contribution in [0.5, 0.6) is 5.75 Å². The molecule has 1 fully saturated rings. The van der Waals surface area contributed by atoms with E-state index in [1.165, 1.54) is 12.5 Å². The maximum Gasteiger partial charge on any atom is 0.221 e. The van der Waals surface area contributed by atoms with Crippen molar-refractivity contribution >= 4 is 34.6 Å². The first-order valence-electron chi connectivity index (χ1n) is 11.7. The number of rotatable bonds is 6. The lowest BCUT2D eigenvalue weighted by atomic mass is 10.0. The molecule has 1 amide bonds. The first-order valence-corrected chi connectivity index (χ1v) is 12.1. The number of carbonyl (C=O) groups excluding carboxylic acids is 1. The van der Waals surface area contributed by atoms with Gasteiger partial charge in [-0.2, -0.15) is 0 Å². The van der Waals surface area contributed by atoms with Crippen molar-refractivity contribution in [2.24, 2.45) is 0 Å². The molecule has 2 aromatic heterocycles. The normalized spacial score (nSPS) is 17.1. The molecule has 4 aromatic rings. The largest absolute Gasteiger partial charge is 0.495 e. The molecule has 2 aromatic carbocycles. The Bertz CT molecular complexity index is 1420. The predicted molar refractivity (Wildman–Crippen MR) is 146 cm³/mol. The molecular formula is C28H27N5O2S. The number of thiocarbonyl (C=S) groups is 1. The molecule has 1 aliphatic heterocycles. The number of anilines is 2. The van der Waals surface area contributed by atoms with Gasteiger partial charge in [0.1, 0.15) is 11.8 Å². The number of carbonyl (C=O) groups is 1. The summed E-state index contributed by atoms with van der Waals surface area (Å²) in [4.78, 5) is 18.6. The smallest absolute Gasteiger partial charge is 0.221 e. The van der Waals surface area contributed by atoms with Gasteiger partial charge in [0.05, 0.1) is 24.5 Å². The number of aryl methyl sites for hydroxylation is 1. The molecule has 1 aliphatic rings. The Labute approximate surface area is 215 Å². The minimum atomic E-state index is -0.207. The Morgan fingerprint density at radius 1 is 1.06 bits per heavy atom. The van der Waals surface area contributed by atoms with Crippen molar-refractivity contribution in [3.05, 3.63) is 102 Å². The van der Waals surface area contributed by atoms with E-state index in [1.807, 2.05) is 42.5 Å². The number of nitrogens with zero attached hydrogens (tertiary/aromatic N) is 3. The van der Waals surface area contributed by atoms with Gasteiger partial charge in [0, 0.05) is 36.4 Å². The fourth-order valence-electron chi connectivity index (χ4n) is 4.71. The van der Waals surface area contributed by atoms with Crippen LogP contribution >= 0.6 is 12.2 Å². The van der Waals surface area contributed by atoms with Gasteiger partial charge in [-0.25, -0.2) is 0 Å². The average molecular weight is 498 g/mol. The lowest BCUT2D eigenvalue weighted by Gasteiger charge is -2.29. The molecule has 182 valence electrons. The molecule has 0 saturated carbocycles. The summed E-state index contributed by atoms with van der Waals surface area (Å²) in [7, 11) is 1.58. The molecule has 0 spiro atoms. The topological polar surface area (TPSA) is 71.4 Å². The van der Waals surface area contributed by atoms with Crippen LogP contribution in [0.4, 0.5) is 11.4 Å². The van der Waals surface area contributed by atoms with Gasteiger partial charge in [0.2, 0.25) is 5.91 Å². The van der Waals surface area contributed by atoms with E-state index in [2.05, 4.69) is 68.5 Å². The van der Waals surface area contributed by atoms with Crippen LogP contribution in [0.25, 0.3) is 5.69 Å². The fraction of sp³-hybridized carbons (Fsp3) is 0.179. The summed E-state index contributed by atoms with van der Waals surface area (Å²) in [6.07, 6.45) is 3.86. The van der Waals surface area contributed by atoms with Crippen molar-refractivity contribution in [3.8, 4) is 11.4 Å². The molecule has 2 unspecified atom stereocenters. The van der Waals surface area contributed by atoms with E-state index in [1.54, 1.807) is 13.3 Å². The third-order valence-electron chi connectivity index (χ3n) is 6.23. The molecule has 2 N–H and O–H groups in total. The number of benzene rings is 2. The second kappa shape index (κ2) is 9.83. The minimum Gasteiger partial charge on any atom is -0.495 e. The van der Waals surface area contributed by atoms with Gasteiger partial charge in [0.15, 0.2) is 5.11 Å². The number of methoxy groups -OCH3 is 1. The Morgan fingerprint density at radius 2 is 1.92 bits per heavy atom. The summed E-state index contributed by atoms with van der Waals surface area (Å²) >= 11 is 5.88. The molecule has 36 heavy (non-hydrogen) atoms. The van der Waals surface area contributed by atoms with Crippen LogP contribution in [0.1, 0.15) is 36.0 Å². The summed E-state index contributed by atoms with van der Waals surface area (Å²) in [5.74, 6) is 0.400. The fourth-order valence-corrected chi connectivity index (χ4v) is 5.06. The maximum absolute atomic E-state index is 11.9. The van der Waals surface area contributed by atoms with E-state index in [4.69, 9.17) is 17.0 Å². The molecule has 8 heteroatoms. The molecule has 7 nitrogen and oxygen atoms in total. The van der Waals surface area contributed by atoms with Crippen molar-refractivity contribution < 1.29 is 9.53 Å². The zero-order valence-electron chi connectivity index (χ0n) is 20.3. The highest BCUT2D eigenvalue weighted by Gasteiger charge is 2.42. The molecule has 0 radical (unpaired) electrons. The SMILES string of the molecule is COc1ccc(N2C(=S)NC(c3ccccn3)C2c2cccn2-c2cccc(C)c2)cc1NC(C)=O. The van der Waals surface area contributed by atoms with E-state index >= 15 is 0 Å². The van der Waals surface area contributed by atoms with Crippen molar-refractivity contribution in [2.45, 2.75) is 25.9 Å². The molecule has 2 atom stereocenters. The highest BCUT2D eigenvalue weighted by molar-refractivity contribution is 7.80. The van der Waals surface area contributed by atoms with Crippen LogP contribution in [0.3, 0.4) is 0 Å². The van der Waals surface area contributed by atoms with Gasteiger partial charge >= 0.3 is 0 Å². The van der Waals surface area contributed by atoms with Crippen LogP contribution in [0.2, 0.25) is 0 Å². The maximum atomic E-state index is 11.9. The van der Waals surface area contributed by atoms with Gasteiger partial charge in [0.25, 0.3) is 0 Å². The van der Waals surface area contributed by atoms with Crippen LogP contribution in [0.15, 0.2) is 85.2 Å². The molecule has 5 rings (SSSR count). The molecule has 0 bridgehead atoms. The van der Waals surface area contributed by atoms with Crippen LogP contribution in [-0.4, -0.2) is 27.7 Å². The van der Waals surface area contributed by atoms with Gasteiger partial charge in [-0.1, -0.05) is 18.2 Å². The van der Waals surface area contributed by atoms with Crippen LogP contribution in [0, 0.1) is 6.92 Å². The summed E-state index contributed by atoms with van der Waals surface area (Å²) in [6.45, 7) is 3.56. The zero-order chi connectivity index (χ0) is 25.2. The Kier molecular flexibility index (Phi) is 6.43. The number of pyridine rings is 1. The van der Waals surface area contributed by atoms with Crippen LogP contribution in [-0.2, 0) is 4.79 Å². The van der Waals surface area contributed by atoms with E-state index in [9.17, 15) is 4.79 Å². The first-order chi connectivity index (χ1) is 17.5. The van der Waals surface area contributed by atoms with E-state index in [0.717, 1.165) is 22.8 Å². The van der Waals surface area contributed by atoms with Gasteiger partial charge in [-0.3, -0.25) is 9.78 Å². The summed E-state index contributed by atoms with van der Waals surface area (Å²) < 4.78 is 7.66. The number of nitrogens with one attached hydrogen (secondary N) is 2. The van der Waals surface area contributed by atoms with E-state index < -0.39 is 0 Å². The zero-order valence-corrected chi connectivity index (χ0v) is 21.1. The summed E-state index contributed by atoms with van der Waals surface area (Å²) in [5, 5.41) is 6.94. The highest BCUT2D eigenvalue weighted by Crippen LogP contribution is 2.43. The predicted octanol–water partition coefficient (Wildman–Crippen LogP) is 5.32. The number of aromatic nitrogens is 2. The monoisotopic (exact) mass is 497 g/mol. The second-order valence-electron chi connectivity index (χ2n) is 8.70. The Hall–Kier alpha value is -4.17. The van der Waals surface area contributed by atoms with Crippen molar-refractivity contribution in [1.29, 1.82) is 0 Å². The number of hydrogen-bond donors (Lipinski definition) is 2. The molecule has 1 saturated heterocycles. The van der Waals surface area contributed by atoms with Gasteiger partial charge in [-0.05, 0) is 79.3 Å². The van der Waals surface area contributed by atoms with Gasteiger partial charge < -0.3 is 24.8 Å². The van der Waals surface area contributed by atoms with E-state index in [0.29, 0.717) is 16.5 Å². The lowest BCUT2D eigenvalue weighted by molar-refractivity contribution is -0.114. The molecule has 3 heterocycles. The number of amides is 1. The van der Waals surface area contributed by atoms with Crippen LogP contribution < -0.4 is 20.3 Å². The summed E-state index contributed by atoms with van der Waals surface area (Å²) in [5.41, 5.74) is 5.61. The van der Waals surface area contributed by atoms with Crippen molar-refractivity contribution in [2.75, 3.05) is 17.3 Å². The highest BCUT2D eigenvalue weighted by atomic mass is 32.1. The van der Waals surface area contributed by atoms with Gasteiger partial charge in [-0.15, -0.1) is 0 Å². The second-order valence-corrected chi connectivity index (χ2v) is 9.09. The third-order valence-corrected chi connectivity index (χ3v) is 6.55. The molecular weight excluding hydrogens is 470 g/mol. The number of hydrogen-bond acceptors (Lipinski definition) is 4. The Balaban J connectivity index is 1.66. The average Bonchev–Trinajstić information content (AvgIpc) is 3.48. The Morgan fingerprint density at radius 3 is 2.64 bits per heavy atom. The number of ether oxygens (including phenoxy) is 1. The quantitative estimate of drug-likeness (QED) is 0.351. The standard InChI is InChI=1S/C28H27N5O2S/c1-18-8-6-9-20(16-18)32-15-7-11-24(32)27-26(22-10-4-5-14-29-22)31-28(36)33(27)21-12-13-25(35-3)23(17-21)30-19(2)34/h4-17,26-27H,1-3H3,(H,30,34)(H,31,36).